The average molecular weight is 324 g/mol. The normalized spacial score (nSPS) is 16.8. The van der Waals surface area contributed by atoms with E-state index in [9.17, 15) is 19.5 Å². The van der Waals surface area contributed by atoms with Crippen LogP contribution >= 0.6 is 11.3 Å². The monoisotopic (exact) mass is 324 g/mol. The van der Waals surface area contributed by atoms with Gasteiger partial charge < -0.3 is 15.7 Å². The highest BCUT2D eigenvalue weighted by molar-refractivity contribution is 7.13. The molecule has 2 amide bonds. The third kappa shape index (κ3) is 4.38. The molecule has 1 aromatic heterocycles. The second-order valence-electron chi connectivity index (χ2n) is 5.36. The molecule has 1 aliphatic rings. The number of aliphatic hydroxyl groups excluding tert-OH is 1. The number of carbonyl (C=O) groups is 3. The Morgan fingerprint density at radius 3 is 2.59 bits per heavy atom. The summed E-state index contributed by atoms with van der Waals surface area (Å²) < 4.78 is 0. The zero-order chi connectivity index (χ0) is 15.9. The van der Waals surface area contributed by atoms with Crippen molar-refractivity contribution in [1.82, 2.24) is 10.6 Å². The number of amides is 2. The van der Waals surface area contributed by atoms with Crippen LogP contribution in [0.15, 0.2) is 17.5 Å². The number of thiophene rings is 1. The molecule has 0 saturated heterocycles. The lowest BCUT2D eigenvalue weighted by molar-refractivity contribution is -0.128. The Kier molecular flexibility index (Phi) is 6.09. The standard InChI is InChI=1S/C15H20N2O4S/c18-9-11(14(20)16-10-5-2-1-3-6-10)17-15(21)13(19)12-7-4-8-22-12/h4,7-8,10-11,18H,1-3,5-6,9H2,(H,16,20)(H,17,21). The number of hydrogen-bond acceptors (Lipinski definition) is 5. The molecule has 2 rings (SSSR count). The molecule has 22 heavy (non-hydrogen) atoms. The van der Waals surface area contributed by atoms with Crippen LogP contribution < -0.4 is 10.6 Å². The Morgan fingerprint density at radius 1 is 1.27 bits per heavy atom. The third-order valence-corrected chi connectivity index (χ3v) is 4.58. The minimum atomic E-state index is -1.10. The Balaban J connectivity index is 1.88. The van der Waals surface area contributed by atoms with Gasteiger partial charge in [-0.15, -0.1) is 11.3 Å². The number of ketones is 1. The van der Waals surface area contributed by atoms with Gasteiger partial charge in [0.1, 0.15) is 6.04 Å². The highest BCUT2D eigenvalue weighted by atomic mass is 32.1. The molecule has 120 valence electrons. The van der Waals surface area contributed by atoms with Gasteiger partial charge in [-0.2, -0.15) is 0 Å². The van der Waals surface area contributed by atoms with Gasteiger partial charge in [-0.25, -0.2) is 0 Å². The van der Waals surface area contributed by atoms with E-state index in [2.05, 4.69) is 10.6 Å². The lowest BCUT2D eigenvalue weighted by Gasteiger charge is -2.25. The van der Waals surface area contributed by atoms with Gasteiger partial charge in [-0.1, -0.05) is 25.3 Å². The Labute approximate surface area is 132 Å². The summed E-state index contributed by atoms with van der Waals surface area (Å²) in [4.78, 5) is 36.1. The van der Waals surface area contributed by atoms with Crippen LogP contribution in [0.1, 0.15) is 41.8 Å². The van der Waals surface area contributed by atoms with Crippen LogP contribution in [0.25, 0.3) is 0 Å². The van der Waals surface area contributed by atoms with Gasteiger partial charge >= 0.3 is 0 Å². The molecule has 1 unspecified atom stereocenters. The minimum absolute atomic E-state index is 0.0835. The fourth-order valence-electron chi connectivity index (χ4n) is 2.49. The molecule has 1 atom stereocenters. The number of carbonyl (C=O) groups excluding carboxylic acids is 3. The molecule has 6 nitrogen and oxygen atoms in total. The number of hydrogen-bond donors (Lipinski definition) is 3. The molecule has 3 N–H and O–H groups in total. The van der Waals surface area contributed by atoms with Gasteiger partial charge in [0, 0.05) is 6.04 Å². The van der Waals surface area contributed by atoms with Crippen LogP contribution in [-0.4, -0.2) is 41.4 Å². The molecule has 1 fully saturated rings. The summed E-state index contributed by atoms with van der Waals surface area (Å²) in [7, 11) is 0. The summed E-state index contributed by atoms with van der Waals surface area (Å²) >= 11 is 1.16. The average Bonchev–Trinajstić information content (AvgIpc) is 3.06. The molecule has 0 radical (unpaired) electrons. The van der Waals surface area contributed by atoms with Crippen LogP contribution in [0.2, 0.25) is 0 Å². The summed E-state index contributed by atoms with van der Waals surface area (Å²) in [5, 5.41) is 16.1. The van der Waals surface area contributed by atoms with E-state index in [1.807, 2.05) is 0 Å². The molecule has 7 heteroatoms. The van der Waals surface area contributed by atoms with E-state index >= 15 is 0 Å². The molecule has 0 spiro atoms. The van der Waals surface area contributed by atoms with E-state index in [1.165, 1.54) is 6.42 Å². The number of nitrogens with one attached hydrogen (secondary N) is 2. The third-order valence-electron chi connectivity index (χ3n) is 3.71. The van der Waals surface area contributed by atoms with Gasteiger partial charge in [0.25, 0.3) is 11.7 Å². The predicted octanol–water partition coefficient (Wildman–Crippen LogP) is 0.857. The smallest absolute Gasteiger partial charge is 0.293 e. The quantitative estimate of drug-likeness (QED) is 0.534. The van der Waals surface area contributed by atoms with Crippen molar-refractivity contribution >= 4 is 28.9 Å². The fourth-order valence-corrected chi connectivity index (χ4v) is 3.15. The molecular weight excluding hydrogens is 304 g/mol. The summed E-state index contributed by atoms with van der Waals surface area (Å²) in [6.45, 7) is -0.540. The van der Waals surface area contributed by atoms with Crippen molar-refractivity contribution < 1.29 is 19.5 Å². The van der Waals surface area contributed by atoms with Crippen LogP contribution in [0.3, 0.4) is 0 Å². The predicted molar refractivity (Wildman–Crippen MR) is 82.7 cm³/mol. The maximum absolute atomic E-state index is 12.1. The first-order chi connectivity index (χ1) is 10.6. The van der Waals surface area contributed by atoms with E-state index in [-0.39, 0.29) is 6.04 Å². The minimum Gasteiger partial charge on any atom is -0.394 e. The first kappa shape index (κ1) is 16.6. The fraction of sp³-hybridized carbons (Fsp3) is 0.533. The Bertz CT molecular complexity index is 524. The highest BCUT2D eigenvalue weighted by Gasteiger charge is 2.26. The molecule has 0 aliphatic heterocycles. The summed E-state index contributed by atoms with van der Waals surface area (Å²) in [6, 6.07) is 2.20. The van der Waals surface area contributed by atoms with E-state index in [4.69, 9.17) is 0 Å². The Hall–Kier alpha value is -1.73. The Morgan fingerprint density at radius 2 is 2.00 bits per heavy atom. The zero-order valence-corrected chi connectivity index (χ0v) is 13.0. The van der Waals surface area contributed by atoms with Gasteiger partial charge in [0.2, 0.25) is 5.91 Å². The van der Waals surface area contributed by atoms with Crippen LogP contribution in [0.4, 0.5) is 0 Å². The van der Waals surface area contributed by atoms with E-state index in [1.54, 1.807) is 17.5 Å². The first-order valence-corrected chi connectivity index (χ1v) is 8.29. The SMILES string of the molecule is O=C(NC(CO)C(=O)NC1CCCCC1)C(=O)c1cccs1. The van der Waals surface area contributed by atoms with E-state index in [0.717, 1.165) is 37.0 Å². The second-order valence-corrected chi connectivity index (χ2v) is 6.31. The molecule has 0 bridgehead atoms. The molecular formula is C15H20N2O4S. The lowest BCUT2D eigenvalue weighted by atomic mass is 9.95. The summed E-state index contributed by atoms with van der Waals surface area (Å²) in [5.41, 5.74) is 0. The molecule has 0 aromatic carbocycles. The van der Waals surface area contributed by atoms with E-state index in [0.29, 0.717) is 4.88 Å². The number of Topliss-reactive ketones (excluding diaryl/α,β-unsaturated/α-hetero) is 1. The first-order valence-electron chi connectivity index (χ1n) is 7.41. The van der Waals surface area contributed by atoms with Crippen LogP contribution in [0, 0.1) is 0 Å². The van der Waals surface area contributed by atoms with Crippen molar-refractivity contribution in [2.24, 2.45) is 0 Å². The van der Waals surface area contributed by atoms with Gasteiger partial charge in [0.15, 0.2) is 0 Å². The molecule has 1 aliphatic carbocycles. The number of aliphatic hydroxyl groups is 1. The largest absolute Gasteiger partial charge is 0.394 e. The van der Waals surface area contributed by atoms with Crippen molar-refractivity contribution in [2.75, 3.05) is 6.61 Å². The number of rotatable bonds is 6. The lowest BCUT2D eigenvalue weighted by Crippen LogP contribution is -2.53. The maximum atomic E-state index is 12.1. The highest BCUT2D eigenvalue weighted by Crippen LogP contribution is 2.17. The van der Waals surface area contributed by atoms with E-state index < -0.39 is 30.2 Å². The molecule has 1 saturated carbocycles. The van der Waals surface area contributed by atoms with Crippen LogP contribution in [0.5, 0.6) is 0 Å². The second kappa shape index (κ2) is 8.05. The zero-order valence-electron chi connectivity index (χ0n) is 12.2. The summed E-state index contributed by atoms with van der Waals surface area (Å²) in [6.07, 6.45) is 5.12. The van der Waals surface area contributed by atoms with Gasteiger partial charge in [-0.3, -0.25) is 14.4 Å². The molecule has 1 heterocycles. The van der Waals surface area contributed by atoms with Crippen molar-refractivity contribution in [3.05, 3.63) is 22.4 Å². The van der Waals surface area contributed by atoms with Crippen molar-refractivity contribution in [1.29, 1.82) is 0 Å². The van der Waals surface area contributed by atoms with Crippen LogP contribution in [-0.2, 0) is 9.59 Å². The van der Waals surface area contributed by atoms with Crippen molar-refractivity contribution in [3.63, 3.8) is 0 Å². The van der Waals surface area contributed by atoms with Crippen molar-refractivity contribution in [2.45, 2.75) is 44.2 Å². The van der Waals surface area contributed by atoms with Gasteiger partial charge in [0.05, 0.1) is 11.5 Å². The summed E-state index contributed by atoms with van der Waals surface area (Å²) in [5.74, 6) is -2.01. The van der Waals surface area contributed by atoms with Gasteiger partial charge in [-0.05, 0) is 24.3 Å². The molecule has 1 aromatic rings. The van der Waals surface area contributed by atoms with Crippen molar-refractivity contribution in [3.8, 4) is 0 Å². The topological polar surface area (TPSA) is 95.5 Å². The maximum Gasteiger partial charge on any atom is 0.293 e.